The number of carbonyl (C=O) groups is 1. The lowest BCUT2D eigenvalue weighted by molar-refractivity contribution is 0.00578. The van der Waals surface area contributed by atoms with Crippen molar-refractivity contribution in [3.05, 3.63) is 54.1 Å². The van der Waals surface area contributed by atoms with Gasteiger partial charge in [-0.3, -0.25) is 0 Å². The largest absolute Gasteiger partial charge is 0.494 e. The summed E-state index contributed by atoms with van der Waals surface area (Å²) in [7, 11) is -0.457. The predicted octanol–water partition coefficient (Wildman–Crippen LogP) is 4.19. The number of hydrogen-bond donors (Lipinski definition) is 2. The zero-order valence-corrected chi connectivity index (χ0v) is 16.6. The van der Waals surface area contributed by atoms with Gasteiger partial charge in [-0.05, 0) is 69.4 Å². The average Bonchev–Trinajstić information content (AvgIpc) is 2.83. The van der Waals surface area contributed by atoms with E-state index in [0.717, 1.165) is 17.6 Å². The van der Waals surface area contributed by atoms with Crippen LogP contribution in [0.2, 0.25) is 0 Å². The predicted molar refractivity (Wildman–Crippen MR) is 111 cm³/mol. The van der Waals surface area contributed by atoms with Gasteiger partial charge in [-0.2, -0.15) is 0 Å². The third kappa shape index (κ3) is 4.34. The molecular formula is C21H27BN2O3. The lowest BCUT2D eigenvalue weighted by atomic mass is 9.79. The minimum atomic E-state index is -0.457. The second-order valence-corrected chi connectivity index (χ2v) is 7.84. The van der Waals surface area contributed by atoms with Gasteiger partial charge in [-0.25, -0.2) is 4.79 Å². The molecule has 0 unspecified atom stereocenters. The van der Waals surface area contributed by atoms with Gasteiger partial charge < -0.3 is 19.9 Å². The molecule has 0 bridgehead atoms. The SMILES string of the molecule is CCc1ccc(NC(=O)Nc2cccc(B3OC(C)(C)C(C)(C)O3)c2)cc1. The van der Waals surface area contributed by atoms with Crippen LogP contribution in [0.1, 0.15) is 40.2 Å². The second kappa shape index (κ2) is 7.37. The first-order valence-corrected chi connectivity index (χ1v) is 9.33. The number of hydrogen-bond acceptors (Lipinski definition) is 3. The van der Waals surface area contributed by atoms with Crippen LogP contribution in [0.5, 0.6) is 0 Å². The molecule has 1 fully saturated rings. The summed E-state index contributed by atoms with van der Waals surface area (Å²) < 4.78 is 12.2. The van der Waals surface area contributed by atoms with E-state index in [2.05, 4.69) is 17.6 Å². The molecule has 0 atom stereocenters. The molecule has 1 heterocycles. The summed E-state index contributed by atoms with van der Waals surface area (Å²) in [6.07, 6.45) is 0.970. The molecule has 6 heteroatoms. The summed E-state index contributed by atoms with van der Waals surface area (Å²) in [5.41, 5.74) is 2.75. The fourth-order valence-electron chi connectivity index (χ4n) is 2.86. The molecule has 0 radical (unpaired) electrons. The monoisotopic (exact) mass is 366 g/mol. The van der Waals surface area contributed by atoms with E-state index in [1.165, 1.54) is 5.56 Å². The Hall–Kier alpha value is -2.31. The normalized spacial score (nSPS) is 17.6. The standard InChI is InChI=1S/C21H27BN2O3/c1-6-15-10-12-17(13-11-15)23-19(25)24-18-9-7-8-16(14-18)22-26-20(2,3)21(4,5)27-22/h7-14H,6H2,1-5H3,(H2,23,24,25). The molecule has 3 rings (SSSR count). The molecule has 0 saturated carbocycles. The highest BCUT2D eigenvalue weighted by Crippen LogP contribution is 2.36. The number of amides is 2. The minimum absolute atomic E-state index is 0.287. The summed E-state index contributed by atoms with van der Waals surface area (Å²) >= 11 is 0. The quantitative estimate of drug-likeness (QED) is 0.798. The van der Waals surface area contributed by atoms with Crippen LogP contribution in [0.3, 0.4) is 0 Å². The molecule has 2 aromatic carbocycles. The maximum Gasteiger partial charge on any atom is 0.494 e. The molecule has 5 nitrogen and oxygen atoms in total. The zero-order valence-electron chi connectivity index (χ0n) is 16.6. The highest BCUT2D eigenvalue weighted by atomic mass is 16.7. The fourth-order valence-corrected chi connectivity index (χ4v) is 2.86. The summed E-state index contributed by atoms with van der Waals surface area (Å²) in [5.74, 6) is 0. The third-order valence-electron chi connectivity index (χ3n) is 5.29. The molecule has 1 saturated heterocycles. The third-order valence-corrected chi connectivity index (χ3v) is 5.29. The Kier molecular flexibility index (Phi) is 5.31. The lowest BCUT2D eigenvalue weighted by Crippen LogP contribution is -2.41. The maximum atomic E-state index is 12.3. The van der Waals surface area contributed by atoms with Gasteiger partial charge in [0.25, 0.3) is 0 Å². The lowest BCUT2D eigenvalue weighted by Gasteiger charge is -2.32. The van der Waals surface area contributed by atoms with Gasteiger partial charge in [0, 0.05) is 11.4 Å². The number of urea groups is 1. The molecule has 142 valence electrons. The molecular weight excluding hydrogens is 339 g/mol. The molecule has 2 amide bonds. The topological polar surface area (TPSA) is 59.6 Å². The van der Waals surface area contributed by atoms with E-state index in [1.807, 2.05) is 76.2 Å². The van der Waals surface area contributed by atoms with Crippen LogP contribution in [0, 0.1) is 0 Å². The molecule has 1 aliphatic heterocycles. The summed E-state index contributed by atoms with van der Waals surface area (Å²) in [5, 5.41) is 5.71. The molecule has 27 heavy (non-hydrogen) atoms. The first-order chi connectivity index (χ1) is 12.7. The van der Waals surface area contributed by atoms with E-state index in [-0.39, 0.29) is 6.03 Å². The van der Waals surface area contributed by atoms with Gasteiger partial charge in [0.2, 0.25) is 0 Å². The Labute approximate surface area is 161 Å². The van der Waals surface area contributed by atoms with Crippen LogP contribution < -0.4 is 16.1 Å². The first kappa shape index (κ1) is 19.5. The number of aryl methyl sites for hydroxylation is 1. The molecule has 1 aliphatic rings. The van der Waals surface area contributed by atoms with Crippen molar-refractivity contribution in [2.45, 2.75) is 52.2 Å². The number of nitrogens with one attached hydrogen (secondary N) is 2. The fraction of sp³-hybridized carbons (Fsp3) is 0.381. The first-order valence-electron chi connectivity index (χ1n) is 9.33. The van der Waals surface area contributed by atoms with Crippen LogP contribution in [0.15, 0.2) is 48.5 Å². The van der Waals surface area contributed by atoms with Crippen molar-refractivity contribution in [1.82, 2.24) is 0 Å². The Morgan fingerprint density at radius 1 is 0.926 bits per heavy atom. The summed E-state index contributed by atoms with van der Waals surface area (Å²) in [6, 6.07) is 15.1. The Balaban J connectivity index is 1.66. The Morgan fingerprint density at radius 3 is 2.11 bits per heavy atom. The minimum Gasteiger partial charge on any atom is -0.399 e. The van der Waals surface area contributed by atoms with Crippen LogP contribution >= 0.6 is 0 Å². The van der Waals surface area contributed by atoms with Gasteiger partial charge in [-0.1, -0.05) is 31.2 Å². The Morgan fingerprint density at radius 2 is 1.52 bits per heavy atom. The van der Waals surface area contributed by atoms with Crippen molar-refractivity contribution < 1.29 is 14.1 Å². The highest BCUT2D eigenvalue weighted by molar-refractivity contribution is 6.62. The van der Waals surface area contributed by atoms with Gasteiger partial charge in [0.1, 0.15) is 0 Å². The highest BCUT2D eigenvalue weighted by Gasteiger charge is 2.51. The molecule has 2 N–H and O–H groups in total. The van der Waals surface area contributed by atoms with E-state index >= 15 is 0 Å². The van der Waals surface area contributed by atoms with E-state index in [0.29, 0.717) is 5.69 Å². The van der Waals surface area contributed by atoms with Crippen molar-refractivity contribution in [2.75, 3.05) is 10.6 Å². The van der Waals surface area contributed by atoms with Crippen molar-refractivity contribution in [2.24, 2.45) is 0 Å². The number of rotatable bonds is 4. The van der Waals surface area contributed by atoms with Gasteiger partial charge >= 0.3 is 13.1 Å². The second-order valence-electron chi connectivity index (χ2n) is 7.84. The van der Waals surface area contributed by atoms with Crippen LogP contribution in [0.4, 0.5) is 16.2 Å². The number of carbonyl (C=O) groups excluding carboxylic acids is 1. The average molecular weight is 366 g/mol. The van der Waals surface area contributed by atoms with Crippen LogP contribution in [-0.2, 0) is 15.7 Å². The molecule has 0 aromatic heterocycles. The Bertz CT molecular complexity index is 802. The molecule has 0 aliphatic carbocycles. The van der Waals surface area contributed by atoms with Crippen LogP contribution in [0.25, 0.3) is 0 Å². The van der Waals surface area contributed by atoms with Gasteiger partial charge in [0.05, 0.1) is 11.2 Å². The van der Waals surface area contributed by atoms with Crippen molar-refractivity contribution in [1.29, 1.82) is 0 Å². The van der Waals surface area contributed by atoms with E-state index in [4.69, 9.17) is 9.31 Å². The zero-order chi connectivity index (χ0) is 19.7. The van der Waals surface area contributed by atoms with Crippen molar-refractivity contribution in [3.8, 4) is 0 Å². The van der Waals surface area contributed by atoms with E-state index in [9.17, 15) is 4.79 Å². The van der Waals surface area contributed by atoms with Gasteiger partial charge in [0.15, 0.2) is 0 Å². The summed E-state index contributed by atoms with van der Waals surface area (Å²) in [4.78, 5) is 12.3. The maximum absolute atomic E-state index is 12.3. The van der Waals surface area contributed by atoms with Crippen molar-refractivity contribution in [3.63, 3.8) is 0 Å². The molecule has 2 aromatic rings. The van der Waals surface area contributed by atoms with Crippen molar-refractivity contribution >= 4 is 30.0 Å². The summed E-state index contributed by atoms with van der Waals surface area (Å²) in [6.45, 7) is 10.2. The van der Waals surface area contributed by atoms with E-state index in [1.54, 1.807) is 0 Å². The van der Waals surface area contributed by atoms with E-state index < -0.39 is 18.3 Å². The molecule has 0 spiro atoms. The smallest absolute Gasteiger partial charge is 0.399 e. The number of anilines is 2. The van der Waals surface area contributed by atoms with Gasteiger partial charge in [-0.15, -0.1) is 0 Å². The number of benzene rings is 2. The van der Waals surface area contributed by atoms with Crippen LogP contribution in [-0.4, -0.2) is 24.4 Å².